The van der Waals surface area contributed by atoms with Crippen LogP contribution in [0.1, 0.15) is 32.8 Å². The highest BCUT2D eigenvalue weighted by Crippen LogP contribution is 2.36. The topological polar surface area (TPSA) is 13.1 Å². The number of benzene rings is 4. The van der Waals surface area contributed by atoms with E-state index < -0.39 is 0 Å². The molecule has 0 saturated carbocycles. The zero-order valence-corrected chi connectivity index (χ0v) is 24.8. The van der Waals surface area contributed by atoms with E-state index in [9.17, 15) is 0 Å². The Hall–Kier alpha value is -4.14. The molecule has 4 aromatic carbocycles. The lowest BCUT2D eigenvalue weighted by atomic mass is 9.91. The first kappa shape index (κ1) is 27.4. The van der Waals surface area contributed by atoms with E-state index in [4.69, 9.17) is 4.42 Å². The molecule has 0 atom stereocenters. The summed E-state index contributed by atoms with van der Waals surface area (Å²) < 4.78 is 7.45. The minimum atomic E-state index is 0.919. The van der Waals surface area contributed by atoms with Crippen molar-refractivity contribution in [3.05, 3.63) is 136 Å². The largest absolute Gasteiger partial charge is 0.456 e. The summed E-state index contributed by atoms with van der Waals surface area (Å²) in [6.45, 7) is 10.2. The molecule has 0 unspecified atom stereocenters. The first-order valence-corrected chi connectivity index (χ1v) is 14.5. The van der Waals surface area contributed by atoms with Crippen LogP contribution >= 0.6 is 15.9 Å². The number of hydrogen-bond acceptors (Lipinski definition) is 1. The first-order valence-electron chi connectivity index (χ1n) is 13.7. The Morgan fingerprint density at radius 2 is 1.52 bits per heavy atom. The van der Waals surface area contributed by atoms with Gasteiger partial charge >= 0.3 is 0 Å². The standard InChI is InChI=1S/C38H33BrO/c1-5-13-26(14-6-2)28-20-29(27-16-10-9-11-17-27)22-30(21-28)31-23-32(25-33(39)24-31)34-18-12-19-36-35(15-7-3)37(8-4)40-38(34)36/h5-6,8-25H,1,7H2,2-4H3/b14-6-,26-13+,35-15-,37-8+. The number of halogens is 1. The number of rotatable bonds is 7. The highest BCUT2D eigenvalue weighted by atomic mass is 79.9. The maximum Gasteiger partial charge on any atom is 0.143 e. The number of furan rings is 1. The first-order chi connectivity index (χ1) is 19.6. The van der Waals surface area contributed by atoms with Crippen molar-refractivity contribution < 1.29 is 4.42 Å². The minimum absolute atomic E-state index is 0.919. The van der Waals surface area contributed by atoms with Crippen molar-refractivity contribution in [3.63, 3.8) is 0 Å². The number of para-hydroxylation sites is 1. The third kappa shape index (κ3) is 5.59. The van der Waals surface area contributed by atoms with Crippen LogP contribution in [0.15, 0.2) is 125 Å². The maximum atomic E-state index is 6.43. The summed E-state index contributed by atoms with van der Waals surface area (Å²) >= 11 is 3.81. The van der Waals surface area contributed by atoms with Gasteiger partial charge in [0.25, 0.3) is 0 Å². The average Bonchev–Trinajstić information content (AvgIpc) is 3.35. The molecule has 0 bridgehead atoms. The maximum absolute atomic E-state index is 6.43. The highest BCUT2D eigenvalue weighted by molar-refractivity contribution is 9.10. The van der Waals surface area contributed by atoms with Crippen LogP contribution in [-0.4, -0.2) is 0 Å². The van der Waals surface area contributed by atoms with E-state index in [-0.39, 0.29) is 0 Å². The number of fused-ring (bicyclic) bond motifs is 1. The molecule has 0 N–H and O–H groups in total. The second kappa shape index (κ2) is 12.4. The van der Waals surface area contributed by atoms with Crippen molar-refractivity contribution >= 4 is 44.6 Å². The lowest BCUT2D eigenvalue weighted by molar-refractivity contribution is 0.575. The summed E-state index contributed by atoms with van der Waals surface area (Å²) in [5.41, 5.74) is 10.9. The Kier molecular flexibility index (Phi) is 8.48. The van der Waals surface area contributed by atoms with Crippen molar-refractivity contribution in [2.45, 2.75) is 27.2 Å². The van der Waals surface area contributed by atoms with Gasteiger partial charge in [0, 0.05) is 20.6 Å². The Morgan fingerprint density at radius 1 is 0.825 bits per heavy atom. The zero-order valence-electron chi connectivity index (χ0n) is 23.2. The molecule has 0 aliphatic rings. The molecular weight excluding hydrogens is 552 g/mol. The van der Waals surface area contributed by atoms with Gasteiger partial charge < -0.3 is 4.42 Å². The van der Waals surface area contributed by atoms with Gasteiger partial charge in [0.1, 0.15) is 11.0 Å². The van der Waals surface area contributed by atoms with E-state index in [1.54, 1.807) is 0 Å². The van der Waals surface area contributed by atoms with E-state index in [2.05, 4.69) is 139 Å². The molecular formula is C38H33BrO. The Labute approximate surface area is 245 Å². The summed E-state index contributed by atoms with van der Waals surface area (Å²) in [6, 6.07) is 30.4. The van der Waals surface area contributed by atoms with Crippen molar-refractivity contribution in [3.8, 4) is 33.4 Å². The van der Waals surface area contributed by atoms with Crippen LogP contribution in [-0.2, 0) is 0 Å². The Morgan fingerprint density at radius 3 is 2.23 bits per heavy atom. The molecule has 0 spiro atoms. The number of hydrogen-bond donors (Lipinski definition) is 0. The monoisotopic (exact) mass is 584 g/mol. The molecule has 40 heavy (non-hydrogen) atoms. The highest BCUT2D eigenvalue weighted by Gasteiger charge is 2.13. The van der Waals surface area contributed by atoms with Crippen LogP contribution in [0.5, 0.6) is 0 Å². The second-order valence-corrected chi connectivity index (χ2v) is 10.6. The van der Waals surface area contributed by atoms with Gasteiger partial charge in [0.05, 0.1) is 0 Å². The molecule has 0 fully saturated rings. The van der Waals surface area contributed by atoms with Crippen LogP contribution in [0.2, 0.25) is 0 Å². The van der Waals surface area contributed by atoms with Gasteiger partial charge in [-0.05, 0) is 102 Å². The van der Waals surface area contributed by atoms with Crippen LogP contribution < -0.4 is 10.6 Å². The second-order valence-electron chi connectivity index (χ2n) is 9.71. The van der Waals surface area contributed by atoms with Crippen molar-refractivity contribution in [2.24, 2.45) is 0 Å². The summed E-state index contributed by atoms with van der Waals surface area (Å²) in [5, 5.41) is 2.32. The molecule has 5 rings (SSSR count). The summed E-state index contributed by atoms with van der Waals surface area (Å²) in [4.78, 5) is 0. The Balaban J connectivity index is 1.74. The SMILES string of the molecule is C=C/C=C(\C=C/C)c1cc(-c2ccccc2)cc(-c2cc(Br)cc(-c3cccc4c(=C/CC)/c(=C\C)oc34)c2)c1. The molecule has 2 heteroatoms. The van der Waals surface area contributed by atoms with Gasteiger partial charge in [0.2, 0.25) is 0 Å². The number of allylic oxidation sites excluding steroid dienone is 5. The molecule has 5 aromatic rings. The molecule has 1 nitrogen and oxygen atoms in total. The van der Waals surface area contributed by atoms with E-state index in [0.717, 1.165) is 60.7 Å². The molecule has 0 saturated heterocycles. The van der Waals surface area contributed by atoms with Gasteiger partial charge in [-0.3, -0.25) is 0 Å². The minimum Gasteiger partial charge on any atom is -0.456 e. The van der Waals surface area contributed by atoms with Crippen LogP contribution in [0.25, 0.3) is 62.1 Å². The van der Waals surface area contributed by atoms with E-state index in [1.165, 1.54) is 16.3 Å². The lowest BCUT2D eigenvalue weighted by Gasteiger charge is -2.13. The summed E-state index contributed by atoms with van der Waals surface area (Å²) in [6.07, 6.45) is 13.4. The van der Waals surface area contributed by atoms with Crippen LogP contribution in [0, 0.1) is 0 Å². The molecule has 1 heterocycles. The molecule has 0 aliphatic heterocycles. The molecule has 0 amide bonds. The van der Waals surface area contributed by atoms with Gasteiger partial charge in [0.15, 0.2) is 0 Å². The van der Waals surface area contributed by atoms with Crippen LogP contribution in [0.3, 0.4) is 0 Å². The molecule has 198 valence electrons. The fourth-order valence-electron chi connectivity index (χ4n) is 5.24. The summed E-state index contributed by atoms with van der Waals surface area (Å²) in [7, 11) is 0. The smallest absolute Gasteiger partial charge is 0.143 e. The van der Waals surface area contributed by atoms with E-state index in [0.29, 0.717) is 0 Å². The van der Waals surface area contributed by atoms with Crippen molar-refractivity contribution in [1.82, 2.24) is 0 Å². The summed E-state index contributed by atoms with van der Waals surface area (Å²) in [5.74, 6) is 0. The third-order valence-corrected chi connectivity index (χ3v) is 7.47. The zero-order chi connectivity index (χ0) is 28.1. The molecule has 0 radical (unpaired) electrons. The average molecular weight is 586 g/mol. The van der Waals surface area contributed by atoms with Gasteiger partial charge in [-0.15, -0.1) is 0 Å². The third-order valence-electron chi connectivity index (χ3n) is 7.01. The quantitative estimate of drug-likeness (QED) is 0.173. The van der Waals surface area contributed by atoms with Crippen LogP contribution in [0.4, 0.5) is 0 Å². The predicted octanol–water partition coefficient (Wildman–Crippen LogP) is 10.3. The van der Waals surface area contributed by atoms with E-state index in [1.807, 2.05) is 26.0 Å². The van der Waals surface area contributed by atoms with Crippen molar-refractivity contribution in [2.75, 3.05) is 0 Å². The molecule has 0 aliphatic carbocycles. The predicted molar refractivity (Wildman–Crippen MR) is 177 cm³/mol. The fraction of sp³-hybridized carbons (Fsp3) is 0.105. The Bertz CT molecular complexity index is 1870. The van der Waals surface area contributed by atoms with E-state index >= 15 is 0 Å². The molecule has 1 aromatic heterocycles. The fourth-order valence-corrected chi connectivity index (χ4v) is 5.73. The van der Waals surface area contributed by atoms with Gasteiger partial charge in [-0.25, -0.2) is 0 Å². The van der Waals surface area contributed by atoms with Gasteiger partial charge in [-0.1, -0.05) is 108 Å². The van der Waals surface area contributed by atoms with Gasteiger partial charge in [-0.2, -0.15) is 0 Å². The van der Waals surface area contributed by atoms with Crippen molar-refractivity contribution in [1.29, 1.82) is 0 Å². The lowest BCUT2D eigenvalue weighted by Crippen LogP contribution is -2.19. The normalized spacial score (nSPS) is 13.1.